The standard InChI is InChI=1S/C10H14O2S/c1-8-6-10(11,3-4-12-8)9-2-5-13-7-9/h2,5,7-8,11H,3-4,6H2,1H3. The largest absolute Gasteiger partial charge is 0.385 e. The lowest BCUT2D eigenvalue weighted by Crippen LogP contribution is -2.37. The van der Waals surface area contributed by atoms with Crippen molar-refractivity contribution in [2.75, 3.05) is 6.61 Å². The molecule has 2 unspecified atom stereocenters. The fourth-order valence-corrected chi connectivity index (χ4v) is 2.61. The molecule has 0 aliphatic carbocycles. The maximum atomic E-state index is 10.3. The molecule has 2 nitrogen and oxygen atoms in total. The van der Waals surface area contributed by atoms with Gasteiger partial charge in [0.15, 0.2) is 0 Å². The monoisotopic (exact) mass is 198 g/mol. The quantitative estimate of drug-likeness (QED) is 0.749. The van der Waals surface area contributed by atoms with Crippen LogP contribution in [0.3, 0.4) is 0 Å². The summed E-state index contributed by atoms with van der Waals surface area (Å²) >= 11 is 1.63. The van der Waals surface area contributed by atoms with E-state index in [9.17, 15) is 5.11 Å². The van der Waals surface area contributed by atoms with Gasteiger partial charge in [-0.3, -0.25) is 0 Å². The molecule has 0 amide bonds. The van der Waals surface area contributed by atoms with Crippen molar-refractivity contribution in [3.05, 3.63) is 22.4 Å². The van der Waals surface area contributed by atoms with Crippen molar-refractivity contribution in [1.82, 2.24) is 0 Å². The Labute approximate surface area is 82.2 Å². The molecule has 0 bridgehead atoms. The van der Waals surface area contributed by atoms with Gasteiger partial charge >= 0.3 is 0 Å². The van der Waals surface area contributed by atoms with Crippen LogP contribution >= 0.6 is 11.3 Å². The van der Waals surface area contributed by atoms with Gasteiger partial charge in [-0.25, -0.2) is 0 Å². The summed E-state index contributed by atoms with van der Waals surface area (Å²) in [4.78, 5) is 0. The molecule has 0 radical (unpaired) electrons. The van der Waals surface area contributed by atoms with E-state index in [0.29, 0.717) is 19.4 Å². The topological polar surface area (TPSA) is 29.5 Å². The first-order chi connectivity index (χ1) is 6.21. The average Bonchev–Trinajstić information content (AvgIpc) is 2.55. The number of thiophene rings is 1. The highest BCUT2D eigenvalue weighted by atomic mass is 32.1. The second-order valence-corrected chi connectivity index (χ2v) is 4.46. The molecule has 1 aliphatic rings. The molecule has 1 N–H and O–H groups in total. The van der Waals surface area contributed by atoms with Crippen LogP contribution in [0.25, 0.3) is 0 Å². The molecule has 1 aliphatic heterocycles. The van der Waals surface area contributed by atoms with Gasteiger partial charge in [0, 0.05) is 12.8 Å². The van der Waals surface area contributed by atoms with Gasteiger partial charge in [0.2, 0.25) is 0 Å². The number of aliphatic hydroxyl groups is 1. The Bertz CT molecular complexity index is 270. The third-order valence-corrected chi connectivity index (χ3v) is 3.28. The molecule has 72 valence electrons. The summed E-state index contributed by atoms with van der Waals surface area (Å²) in [5.41, 5.74) is 0.408. The van der Waals surface area contributed by atoms with Gasteiger partial charge in [-0.05, 0) is 29.3 Å². The third-order valence-electron chi connectivity index (χ3n) is 2.60. The lowest BCUT2D eigenvalue weighted by Gasteiger charge is -2.35. The maximum absolute atomic E-state index is 10.3. The molecule has 1 aromatic heterocycles. The molecule has 1 aromatic rings. The van der Waals surface area contributed by atoms with Gasteiger partial charge < -0.3 is 9.84 Å². The van der Waals surface area contributed by atoms with Crippen molar-refractivity contribution in [1.29, 1.82) is 0 Å². The van der Waals surface area contributed by atoms with Crippen molar-refractivity contribution in [3.8, 4) is 0 Å². The highest BCUT2D eigenvalue weighted by Crippen LogP contribution is 2.35. The number of ether oxygens (including phenoxy) is 1. The lowest BCUT2D eigenvalue weighted by molar-refractivity contribution is -0.101. The first kappa shape index (κ1) is 9.19. The van der Waals surface area contributed by atoms with E-state index in [4.69, 9.17) is 4.74 Å². The molecule has 0 aromatic carbocycles. The van der Waals surface area contributed by atoms with E-state index >= 15 is 0 Å². The highest BCUT2D eigenvalue weighted by molar-refractivity contribution is 7.08. The van der Waals surface area contributed by atoms with Gasteiger partial charge in [0.25, 0.3) is 0 Å². The van der Waals surface area contributed by atoms with Gasteiger partial charge in [0.1, 0.15) is 0 Å². The minimum atomic E-state index is -0.641. The molecule has 2 rings (SSSR count). The number of hydrogen-bond donors (Lipinski definition) is 1. The summed E-state index contributed by atoms with van der Waals surface area (Å²) < 4.78 is 5.41. The SMILES string of the molecule is CC1CC(O)(c2ccsc2)CCO1. The van der Waals surface area contributed by atoms with Crippen molar-refractivity contribution >= 4 is 11.3 Å². The van der Waals surface area contributed by atoms with Crippen LogP contribution in [0.1, 0.15) is 25.3 Å². The highest BCUT2D eigenvalue weighted by Gasteiger charge is 2.35. The molecule has 13 heavy (non-hydrogen) atoms. The first-order valence-electron chi connectivity index (χ1n) is 4.57. The number of hydrogen-bond acceptors (Lipinski definition) is 3. The molecular weight excluding hydrogens is 184 g/mol. The smallest absolute Gasteiger partial charge is 0.0951 e. The van der Waals surface area contributed by atoms with E-state index in [1.54, 1.807) is 11.3 Å². The third kappa shape index (κ3) is 1.77. The fourth-order valence-electron chi connectivity index (χ4n) is 1.86. The predicted octanol–water partition coefficient (Wildman–Crippen LogP) is 2.13. The Kier molecular flexibility index (Phi) is 2.41. The molecule has 0 saturated carbocycles. The van der Waals surface area contributed by atoms with E-state index in [0.717, 1.165) is 5.56 Å². The van der Waals surface area contributed by atoms with Gasteiger partial charge in [-0.2, -0.15) is 11.3 Å². The number of rotatable bonds is 1. The minimum Gasteiger partial charge on any atom is -0.385 e. The molecule has 1 saturated heterocycles. The molecular formula is C10H14O2S. The zero-order valence-electron chi connectivity index (χ0n) is 7.69. The Morgan fingerprint density at radius 2 is 2.54 bits per heavy atom. The van der Waals surface area contributed by atoms with Gasteiger partial charge in [-0.1, -0.05) is 0 Å². The normalized spacial score (nSPS) is 34.8. The Hall–Kier alpha value is -0.380. The van der Waals surface area contributed by atoms with Crippen LogP contribution in [-0.2, 0) is 10.3 Å². The van der Waals surface area contributed by atoms with Crippen molar-refractivity contribution in [2.24, 2.45) is 0 Å². The zero-order chi connectivity index (χ0) is 9.31. The van der Waals surface area contributed by atoms with Crippen molar-refractivity contribution in [3.63, 3.8) is 0 Å². The summed E-state index contributed by atoms with van der Waals surface area (Å²) in [5.74, 6) is 0. The van der Waals surface area contributed by atoms with Gasteiger partial charge in [-0.15, -0.1) is 0 Å². The molecule has 1 fully saturated rings. The van der Waals surface area contributed by atoms with E-state index in [1.807, 2.05) is 23.8 Å². The lowest BCUT2D eigenvalue weighted by atomic mass is 9.86. The molecule has 2 atom stereocenters. The molecule has 2 heterocycles. The van der Waals surface area contributed by atoms with Crippen LogP contribution in [0.4, 0.5) is 0 Å². The van der Waals surface area contributed by atoms with E-state index in [2.05, 4.69) is 0 Å². The maximum Gasteiger partial charge on any atom is 0.0951 e. The van der Waals surface area contributed by atoms with E-state index < -0.39 is 5.60 Å². The Balaban J connectivity index is 2.20. The predicted molar refractivity (Wildman–Crippen MR) is 52.9 cm³/mol. The summed E-state index contributed by atoms with van der Waals surface area (Å²) in [7, 11) is 0. The summed E-state index contributed by atoms with van der Waals surface area (Å²) in [6.45, 7) is 2.67. The van der Waals surface area contributed by atoms with Crippen LogP contribution in [0.15, 0.2) is 16.8 Å². The van der Waals surface area contributed by atoms with Crippen LogP contribution in [0.2, 0.25) is 0 Å². The van der Waals surface area contributed by atoms with Crippen LogP contribution < -0.4 is 0 Å². The Morgan fingerprint density at radius 3 is 3.15 bits per heavy atom. The second-order valence-electron chi connectivity index (χ2n) is 3.68. The average molecular weight is 198 g/mol. The Morgan fingerprint density at radius 1 is 1.69 bits per heavy atom. The van der Waals surface area contributed by atoms with Crippen LogP contribution in [-0.4, -0.2) is 17.8 Å². The van der Waals surface area contributed by atoms with Crippen LogP contribution in [0, 0.1) is 0 Å². The summed E-state index contributed by atoms with van der Waals surface area (Å²) in [6.07, 6.45) is 1.59. The fraction of sp³-hybridized carbons (Fsp3) is 0.600. The summed E-state index contributed by atoms with van der Waals surface area (Å²) in [6, 6.07) is 2.00. The van der Waals surface area contributed by atoms with Crippen molar-refractivity contribution < 1.29 is 9.84 Å². The van der Waals surface area contributed by atoms with Crippen molar-refractivity contribution in [2.45, 2.75) is 31.5 Å². The summed E-state index contributed by atoms with van der Waals surface area (Å²) in [5, 5.41) is 14.4. The van der Waals surface area contributed by atoms with E-state index in [1.165, 1.54) is 0 Å². The minimum absolute atomic E-state index is 0.165. The zero-order valence-corrected chi connectivity index (χ0v) is 8.51. The molecule has 0 spiro atoms. The van der Waals surface area contributed by atoms with Crippen LogP contribution in [0.5, 0.6) is 0 Å². The molecule has 3 heteroatoms. The second kappa shape index (κ2) is 3.40. The van der Waals surface area contributed by atoms with Gasteiger partial charge in [0.05, 0.1) is 18.3 Å². The van der Waals surface area contributed by atoms with E-state index in [-0.39, 0.29) is 6.10 Å². The first-order valence-corrected chi connectivity index (χ1v) is 5.52.